The highest BCUT2D eigenvalue weighted by Crippen LogP contribution is 2.25. The van der Waals surface area contributed by atoms with Crippen LogP contribution in [0.1, 0.15) is 30.9 Å². The molecule has 0 saturated heterocycles. The summed E-state index contributed by atoms with van der Waals surface area (Å²) in [6, 6.07) is 8.85. The highest BCUT2D eigenvalue weighted by molar-refractivity contribution is 5.30. The van der Waals surface area contributed by atoms with Gasteiger partial charge >= 0.3 is 0 Å². The van der Waals surface area contributed by atoms with Crippen LogP contribution < -0.4 is 10.5 Å². The van der Waals surface area contributed by atoms with E-state index < -0.39 is 0 Å². The van der Waals surface area contributed by atoms with E-state index in [-0.39, 0.29) is 6.04 Å². The Kier molecular flexibility index (Phi) is 4.02. The van der Waals surface area contributed by atoms with Gasteiger partial charge in [0.15, 0.2) is 0 Å². The van der Waals surface area contributed by atoms with Crippen molar-refractivity contribution in [3.8, 4) is 5.75 Å². The molecule has 2 N–H and O–H groups in total. The molecular weight excluding hydrogens is 212 g/mol. The van der Waals surface area contributed by atoms with E-state index in [1.54, 1.807) is 7.11 Å². The summed E-state index contributed by atoms with van der Waals surface area (Å²) in [5.41, 5.74) is 7.39. The van der Waals surface area contributed by atoms with Crippen molar-refractivity contribution in [1.82, 2.24) is 4.90 Å². The lowest BCUT2D eigenvalue weighted by molar-refractivity contribution is 0.151. The SMILES string of the molecule is COc1cccc(C(N)CN(C)C2CCC2)c1. The fourth-order valence-electron chi connectivity index (χ4n) is 2.26. The number of ether oxygens (including phenoxy) is 1. The summed E-state index contributed by atoms with van der Waals surface area (Å²) in [6.07, 6.45) is 4.01. The maximum absolute atomic E-state index is 6.24. The van der Waals surface area contributed by atoms with Gasteiger partial charge in [-0.2, -0.15) is 0 Å². The van der Waals surface area contributed by atoms with Gasteiger partial charge in [0.2, 0.25) is 0 Å². The molecule has 1 saturated carbocycles. The van der Waals surface area contributed by atoms with Crippen LogP contribution in [0.3, 0.4) is 0 Å². The van der Waals surface area contributed by atoms with Crippen molar-refractivity contribution in [2.75, 3.05) is 20.7 Å². The second kappa shape index (κ2) is 5.52. The molecule has 0 spiro atoms. The molecule has 1 aliphatic rings. The summed E-state index contributed by atoms with van der Waals surface area (Å²) < 4.78 is 5.22. The number of methoxy groups -OCH3 is 1. The lowest BCUT2D eigenvalue weighted by Gasteiger charge is -2.36. The van der Waals surface area contributed by atoms with Crippen LogP contribution in [0.25, 0.3) is 0 Å². The van der Waals surface area contributed by atoms with Crippen LogP contribution in [0, 0.1) is 0 Å². The Bertz CT molecular complexity index is 363. The van der Waals surface area contributed by atoms with Crippen molar-refractivity contribution in [2.24, 2.45) is 5.73 Å². The van der Waals surface area contributed by atoms with Crippen LogP contribution in [0.2, 0.25) is 0 Å². The van der Waals surface area contributed by atoms with E-state index in [4.69, 9.17) is 10.5 Å². The van der Waals surface area contributed by atoms with Crippen molar-refractivity contribution in [1.29, 1.82) is 0 Å². The molecule has 0 radical (unpaired) electrons. The van der Waals surface area contributed by atoms with Crippen molar-refractivity contribution >= 4 is 0 Å². The normalized spacial score (nSPS) is 17.9. The summed E-state index contributed by atoms with van der Waals surface area (Å²) in [4.78, 5) is 2.38. The fraction of sp³-hybridized carbons (Fsp3) is 0.571. The largest absolute Gasteiger partial charge is 0.497 e. The molecule has 0 heterocycles. The van der Waals surface area contributed by atoms with Crippen LogP contribution in [0.4, 0.5) is 0 Å². The molecule has 0 aliphatic heterocycles. The van der Waals surface area contributed by atoms with Crippen molar-refractivity contribution < 1.29 is 4.74 Å². The molecule has 1 fully saturated rings. The zero-order valence-corrected chi connectivity index (χ0v) is 10.7. The fourth-order valence-corrected chi connectivity index (χ4v) is 2.26. The average Bonchev–Trinajstić information content (AvgIpc) is 2.26. The predicted molar refractivity (Wildman–Crippen MR) is 70.2 cm³/mol. The first-order valence-electron chi connectivity index (χ1n) is 6.30. The molecule has 1 aromatic rings. The molecule has 1 atom stereocenters. The van der Waals surface area contributed by atoms with Crippen LogP contribution in [0.5, 0.6) is 5.75 Å². The summed E-state index contributed by atoms with van der Waals surface area (Å²) in [7, 11) is 3.86. The van der Waals surface area contributed by atoms with Crippen molar-refractivity contribution in [3.63, 3.8) is 0 Å². The minimum absolute atomic E-state index is 0.0655. The first-order chi connectivity index (χ1) is 8.20. The Morgan fingerprint density at radius 2 is 2.24 bits per heavy atom. The molecule has 3 heteroatoms. The molecule has 2 rings (SSSR count). The van der Waals surface area contributed by atoms with E-state index in [2.05, 4.69) is 18.0 Å². The molecule has 1 aromatic carbocycles. The average molecular weight is 234 g/mol. The summed E-state index contributed by atoms with van der Waals surface area (Å²) in [5, 5.41) is 0. The Morgan fingerprint density at radius 1 is 1.47 bits per heavy atom. The minimum Gasteiger partial charge on any atom is -0.497 e. The van der Waals surface area contributed by atoms with Gasteiger partial charge in [0, 0.05) is 18.6 Å². The standard InChI is InChI=1S/C14H22N2O/c1-16(12-6-4-7-12)10-14(15)11-5-3-8-13(9-11)17-2/h3,5,8-9,12,14H,4,6-7,10,15H2,1-2H3. The van der Waals surface area contributed by atoms with E-state index in [1.165, 1.54) is 19.3 Å². The third-order valence-electron chi connectivity index (χ3n) is 3.70. The third-order valence-corrected chi connectivity index (χ3v) is 3.70. The molecule has 3 nitrogen and oxygen atoms in total. The van der Waals surface area contributed by atoms with Gasteiger partial charge in [-0.3, -0.25) is 0 Å². The molecule has 0 aromatic heterocycles. The first kappa shape index (κ1) is 12.4. The number of nitrogens with zero attached hydrogens (tertiary/aromatic N) is 1. The number of hydrogen-bond acceptors (Lipinski definition) is 3. The Hall–Kier alpha value is -1.06. The van der Waals surface area contributed by atoms with Gasteiger partial charge in [0.25, 0.3) is 0 Å². The number of hydrogen-bond donors (Lipinski definition) is 1. The summed E-state index contributed by atoms with van der Waals surface area (Å²) in [5.74, 6) is 0.879. The third kappa shape index (κ3) is 2.99. The van der Waals surface area contributed by atoms with Crippen LogP contribution >= 0.6 is 0 Å². The quantitative estimate of drug-likeness (QED) is 0.848. The van der Waals surface area contributed by atoms with Gasteiger partial charge in [-0.15, -0.1) is 0 Å². The van der Waals surface area contributed by atoms with Gasteiger partial charge in [0.05, 0.1) is 7.11 Å². The second-order valence-corrected chi connectivity index (χ2v) is 4.91. The molecular formula is C14H22N2O. The van der Waals surface area contributed by atoms with E-state index in [9.17, 15) is 0 Å². The van der Waals surface area contributed by atoms with Crippen LogP contribution in [-0.4, -0.2) is 31.6 Å². The van der Waals surface area contributed by atoms with E-state index in [0.29, 0.717) is 0 Å². The van der Waals surface area contributed by atoms with Gasteiger partial charge < -0.3 is 15.4 Å². The van der Waals surface area contributed by atoms with Crippen molar-refractivity contribution in [2.45, 2.75) is 31.3 Å². The molecule has 17 heavy (non-hydrogen) atoms. The van der Waals surface area contributed by atoms with E-state index in [1.807, 2.05) is 18.2 Å². The lowest BCUT2D eigenvalue weighted by atomic mass is 9.91. The second-order valence-electron chi connectivity index (χ2n) is 4.91. The maximum Gasteiger partial charge on any atom is 0.119 e. The highest BCUT2D eigenvalue weighted by Gasteiger charge is 2.23. The Morgan fingerprint density at radius 3 is 2.82 bits per heavy atom. The predicted octanol–water partition coefficient (Wildman–Crippen LogP) is 2.18. The smallest absolute Gasteiger partial charge is 0.119 e. The topological polar surface area (TPSA) is 38.5 Å². The zero-order chi connectivity index (χ0) is 12.3. The van der Waals surface area contributed by atoms with Crippen molar-refractivity contribution in [3.05, 3.63) is 29.8 Å². The maximum atomic E-state index is 6.24. The number of nitrogens with two attached hydrogens (primary N) is 1. The van der Waals surface area contributed by atoms with E-state index >= 15 is 0 Å². The molecule has 94 valence electrons. The lowest BCUT2D eigenvalue weighted by Crippen LogP contribution is -2.41. The van der Waals surface area contributed by atoms with Gasteiger partial charge in [-0.1, -0.05) is 18.6 Å². The van der Waals surface area contributed by atoms with Crippen LogP contribution in [0.15, 0.2) is 24.3 Å². The molecule has 0 amide bonds. The highest BCUT2D eigenvalue weighted by atomic mass is 16.5. The summed E-state index contributed by atoms with van der Waals surface area (Å²) >= 11 is 0. The number of rotatable bonds is 5. The van der Waals surface area contributed by atoms with E-state index in [0.717, 1.165) is 23.9 Å². The van der Waals surface area contributed by atoms with Gasteiger partial charge in [-0.05, 0) is 37.6 Å². The number of benzene rings is 1. The van der Waals surface area contributed by atoms with Crippen LogP contribution in [-0.2, 0) is 0 Å². The Balaban J connectivity index is 1.95. The first-order valence-corrected chi connectivity index (χ1v) is 6.30. The number of likely N-dealkylation sites (N-methyl/N-ethyl adjacent to an activating group) is 1. The molecule has 1 aliphatic carbocycles. The molecule has 1 unspecified atom stereocenters. The summed E-state index contributed by atoms with van der Waals surface area (Å²) in [6.45, 7) is 0.915. The zero-order valence-electron chi connectivity index (χ0n) is 10.7. The monoisotopic (exact) mass is 234 g/mol. The molecule has 0 bridgehead atoms. The van der Waals surface area contributed by atoms with Gasteiger partial charge in [0.1, 0.15) is 5.75 Å². The minimum atomic E-state index is 0.0655. The Labute approximate surface area is 104 Å². The van der Waals surface area contributed by atoms with Gasteiger partial charge in [-0.25, -0.2) is 0 Å².